The van der Waals surface area contributed by atoms with Crippen molar-refractivity contribution in [3.63, 3.8) is 0 Å². The molecule has 1 nitrogen and oxygen atoms in total. The molecule has 0 N–H and O–H groups in total. The van der Waals surface area contributed by atoms with E-state index in [2.05, 4.69) is 6.58 Å². The van der Waals surface area contributed by atoms with Gasteiger partial charge in [0.25, 0.3) is 0 Å². The van der Waals surface area contributed by atoms with Crippen LogP contribution in [0.4, 0.5) is 0 Å². The Bertz CT molecular complexity index is 27.9. The summed E-state index contributed by atoms with van der Waals surface area (Å²) in [5, 5.41) is 0. The van der Waals surface area contributed by atoms with Crippen molar-refractivity contribution in [2.45, 2.75) is 0 Å². The zero-order valence-electron chi connectivity index (χ0n) is 3.19. The van der Waals surface area contributed by atoms with Crippen molar-refractivity contribution in [2.75, 3.05) is 0 Å². The summed E-state index contributed by atoms with van der Waals surface area (Å²) in [7, 11) is 0. The van der Waals surface area contributed by atoms with Gasteiger partial charge in [-0.25, -0.2) is 12.7 Å². The van der Waals surface area contributed by atoms with E-state index in [0.717, 1.165) is 6.08 Å². The fraction of sp³-hybridized carbons (Fsp3) is 0. The third kappa shape index (κ3) is 15.9. The predicted octanol–water partition coefficient (Wildman–Crippen LogP) is -2.71. The van der Waals surface area contributed by atoms with Gasteiger partial charge in [0.1, 0.15) is 0 Å². The third-order valence-corrected chi connectivity index (χ3v) is 0.0833. The molecule has 0 amide bonds. The van der Waals surface area contributed by atoms with Gasteiger partial charge in [-0.05, 0) is 6.29 Å². The Morgan fingerprint density at radius 1 is 1.80 bits per heavy atom. The standard InChI is InChI=1S/C3H3O.Li/c1-2-3-4;/h2H,1H2;/q-1;+1. The molecule has 0 aliphatic rings. The molecule has 0 aliphatic heterocycles. The molecule has 0 aromatic heterocycles. The van der Waals surface area contributed by atoms with Crippen LogP contribution in [0.25, 0.3) is 0 Å². The SMILES string of the molecule is C=C[C-]=O.[Li+]. The quantitative estimate of drug-likeness (QED) is 0.183. The van der Waals surface area contributed by atoms with Gasteiger partial charge >= 0.3 is 18.9 Å². The van der Waals surface area contributed by atoms with E-state index in [1.165, 1.54) is 6.29 Å². The molecule has 22 valence electrons. The van der Waals surface area contributed by atoms with Crippen molar-refractivity contribution in [1.29, 1.82) is 0 Å². The summed E-state index contributed by atoms with van der Waals surface area (Å²) in [5.74, 6) is 0. The van der Waals surface area contributed by atoms with E-state index in [9.17, 15) is 0 Å². The Kier molecular flexibility index (Phi) is 16.0. The normalized spacial score (nSPS) is 4.00. The fourth-order valence-electron chi connectivity index (χ4n) is 0. The Balaban J connectivity index is 0. The second-order valence-electron chi connectivity index (χ2n) is 0.322. The minimum Gasteiger partial charge on any atom is -0.419 e. The first-order chi connectivity index (χ1) is 1.91. The largest absolute Gasteiger partial charge is 1.00 e. The maximum Gasteiger partial charge on any atom is 1.00 e. The molecule has 0 aliphatic carbocycles. The first-order valence-electron chi connectivity index (χ1n) is 0.901. The zero-order chi connectivity index (χ0) is 3.41. The zero-order valence-corrected chi connectivity index (χ0v) is 3.19. The van der Waals surface area contributed by atoms with Crippen molar-refractivity contribution >= 4 is 6.29 Å². The molecule has 0 fully saturated rings. The van der Waals surface area contributed by atoms with Crippen molar-refractivity contribution in [1.82, 2.24) is 0 Å². The van der Waals surface area contributed by atoms with Crippen LogP contribution in [0.5, 0.6) is 0 Å². The van der Waals surface area contributed by atoms with E-state index >= 15 is 0 Å². The van der Waals surface area contributed by atoms with Gasteiger partial charge < -0.3 is 4.79 Å². The molecule has 0 saturated carbocycles. The third-order valence-electron chi connectivity index (χ3n) is 0.0833. The monoisotopic (exact) mass is 62.0 g/mol. The second kappa shape index (κ2) is 8.99. The van der Waals surface area contributed by atoms with Crippen LogP contribution in [0.15, 0.2) is 12.7 Å². The summed E-state index contributed by atoms with van der Waals surface area (Å²) < 4.78 is 0. The molecule has 0 unspecified atom stereocenters. The molecular formula is C3H3LiO. The summed E-state index contributed by atoms with van der Waals surface area (Å²) >= 11 is 0. The molecule has 0 heterocycles. The number of hydrogen-bond donors (Lipinski definition) is 0. The fourth-order valence-corrected chi connectivity index (χ4v) is 0. The summed E-state index contributed by atoms with van der Waals surface area (Å²) in [6.45, 7) is 3.06. The number of rotatable bonds is 1. The number of allylic oxidation sites excluding steroid dienone is 1. The van der Waals surface area contributed by atoms with Gasteiger partial charge in [-0.2, -0.15) is 0 Å². The first-order valence-corrected chi connectivity index (χ1v) is 0.901. The van der Waals surface area contributed by atoms with Gasteiger partial charge in [0, 0.05) is 0 Å². The molecule has 0 atom stereocenters. The Morgan fingerprint density at radius 2 is 2.00 bits per heavy atom. The average molecular weight is 62.0 g/mol. The molecule has 5 heavy (non-hydrogen) atoms. The summed E-state index contributed by atoms with van der Waals surface area (Å²) in [4.78, 5) is 8.93. The minimum absolute atomic E-state index is 0. The summed E-state index contributed by atoms with van der Waals surface area (Å²) in [6.07, 6.45) is 2.51. The van der Waals surface area contributed by atoms with Crippen LogP contribution in [0.1, 0.15) is 0 Å². The van der Waals surface area contributed by atoms with Crippen LogP contribution in [0, 0.1) is 0 Å². The average Bonchev–Trinajstić information content (AvgIpc) is 1.37. The van der Waals surface area contributed by atoms with Gasteiger partial charge in [-0.15, -0.1) is 0 Å². The molecule has 0 aromatic rings. The van der Waals surface area contributed by atoms with E-state index < -0.39 is 0 Å². The Morgan fingerprint density at radius 3 is 2.00 bits per heavy atom. The molecule has 0 rings (SSSR count). The Labute approximate surface area is 43.2 Å². The van der Waals surface area contributed by atoms with Crippen molar-refractivity contribution in [2.24, 2.45) is 0 Å². The molecule has 0 spiro atoms. The summed E-state index contributed by atoms with van der Waals surface area (Å²) in [6, 6.07) is 0. The van der Waals surface area contributed by atoms with E-state index in [0.29, 0.717) is 0 Å². The maximum absolute atomic E-state index is 8.93. The Hall–Kier alpha value is 0.00740. The van der Waals surface area contributed by atoms with E-state index in [1.807, 2.05) is 0 Å². The van der Waals surface area contributed by atoms with Crippen LogP contribution >= 0.6 is 0 Å². The van der Waals surface area contributed by atoms with Crippen molar-refractivity contribution in [3.8, 4) is 0 Å². The molecule has 0 aromatic carbocycles. The van der Waals surface area contributed by atoms with Gasteiger partial charge in [0.15, 0.2) is 0 Å². The topological polar surface area (TPSA) is 17.1 Å². The van der Waals surface area contributed by atoms with Crippen molar-refractivity contribution in [3.05, 3.63) is 12.7 Å². The first kappa shape index (κ1) is 8.89. The number of carbonyl (C=O) groups excluding carboxylic acids is 1. The smallest absolute Gasteiger partial charge is 0.419 e. The van der Waals surface area contributed by atoms with Crippen LogP contribution in [0.2, 0.25) is 0 Å². The van der Waals surface area contributed by atoms with Gasteiger partial charge in [0.2, 0.25) is 0 Å². The maximum atomic E-state index is 8.93. The molecular weight excluding hydrogens is 59.0 g/mol. The van der Waals surface area contributed by atoms with Crippen LogP contribution in [-0.2, 0) is 4.79 Å². The minimum atomic E-state index is 0. The molecule has 0 saturated heterocycles. The van der Waals surface area contributed by atoms with Crippen LogP contribution in [-0.4, -0.2) is 6.29 Å². The van der Waals surface area contributed by atoms with Crippen LogP contribution < -0.4 is 18.9 Å². The van der Waals surface area contributed by atoms with E-state index in [1.54, 1.807) is 0 Å². The summed E-state index contributed by atoms with van der Waals surface area (Å²) in [5.41, 5.74) is 0. The van der Waals surface area contributed by atoms with E-state index in [4.69, 9.17) is 4.79 Å². The molecule has 0 bridgehead atoms. The van der Waals surface area contributed by atoms with Crippen LogP contribution in [0.3, 0.4) is 0 Å². The second-order valence-corrected chi connectivity index (χ2v) is 0.322. The predicted molar refractivity (Wildman–Crippen MR) is 15.9 cm³/mol. The van der Waals surface area contributed by atoms with E-state index in [-0.39, 0.29) is 18.9 Å². The number of hydrogen-bond acceptors (Lipinski definition) is 1. The van der Waals surface area contributed by atoms with Gasteiger partial charge in [-0.3, -0.25) is 0 Å². The molecule has 2 heteroatoms. The van der Waals surface area contributed by atoms with Gasteiger partial charge in [-0.1, -0.05) is 0 Å². The molecule has 0 radical (unpaired) electrons. The van der Waals surface area contributed by atoms with Crippen molar-refractivity contribution < 1.29 is 23.7 Å². The van der Waals surface area contributed by atoms with Gasteiger partial charge in [0.05, 0.1) is 0 Å².